The van der Waals surface area contributed by atoms with Crippen LogP contribution in [0.3, 0.4) is 0 Å². The molecule has 0 aliphatic rings. The molecule has 4 nitrogen and oxygen atoms in total. The van der Waals surface area contributed by atoms with Crippen LogP contribution in [0.4, 0.5) is 0 Å². The second-order valence-electron chi connectivity index (χ2n) is 5.45. The van der Waals surface area contributed by atoms with Gasteiger partial charge < -0.3 is 9.32 Å². The van der Waals surface area contributed by atoms with Crippen molar-refractivity contribution in [3.63, 3.8) is 0 Å². The van der Waals surface area contributed by atoms with Crippen LogP contribution in [0, 0.1) is 6.92 Å². The van der Waals surface area contributed by atoms with E-state index in [-0.39, 0.29) is 5.91 Å². The molecule has 2 rings (SSSR count). The van der Waals surface area contributed by atoms with Crippen molar-refractivity contribution in [1.82, 2.24) is 9.88 Å². The third-order valence-corrected chi connectivity index (χ3v) is 3.57. The lowest BCUT2D eigenvalue weighted by atomic mass is 10.2. The maximum Gasteiger partial charge on any atom is 0.228 e. The van der Waals surface area contributed by atoms with Gasteiger partial charge in [-0.2, -0.15) is 0 Å². The van der Waals surface area contributed by atoms with Crippen molar-refractivity contribution >= 4 is 5.91 Å². The van der Waals surface area contributed by atoms with Gasteiger partial charge in [-0.1, -0.05) is 32.0 Å². The predicted octanol–water partition coefficient (Wildman–Crippen LogP) is 3.84. The first-order chi connectivity index (χ1) is 10.7. The number of amides is 1. The Morgan fingerprint density at radius 1 is 1.14 bits per heavy atom. The van der Waals surface area contributed by atoms with E-state index >= 15 is 0 Å². The summed E-state index contributed by atoms with van der Waals surface area (Å²) in [6, 6.07) is 9.76. The molecule has 118 valence electrons. The van der Waals surface area contributed by atoms with E-state index in [0.29, 0.717) is 12.3 Å². The fraction of sp³-hybridized carbons (Fsp3) is 0.444. The summed E-state index contributed by atoms with van der Waals surface area (Å²) < 4.78 is 5.72. The van der Waals surface area contributed by atoms with Crippen molar-refractivity contribution in [2.24, 2.45) is 0 Å². The van der Waals surface area contributed by atoms with E-state index in [0.717, 1.165) is 42.9 Å². The van der Waals surface area contributed by atoms with Gasteiger partial charge in [0.2, 0.25) is 11.8 Å². The monoisotopic (exact) mass is 300 g/mol. The minimum absolute atomic E-state index is 0.125. The first-order valence-electron chi connectivity index (χ1n) is 7.95. The molecule has 0 bridgehead atoms. The molecule has 0 unspecified atom stereocenters. The molecule has 4 heteroatoms. The van der Waals surface area contributed by atoms with Gasteiger partial charge in [-0.3, -0.25) is 4.79 Å². The van der Waals surface area contributed by atoms with Crippen molar-refractivity contribution in [1.29, 1.82) is 0 Å². The third-order valence-electron chi connectivity index (χ3n) is 3.57. The third kappa shape index (κ3) is 3.97. The highest BCUT2D eigenvalue weighted by Crippen LogP contribution is 2.22. The van der Waals surface area contributed by atoms with E-state index < -0.39 is 0 Å². The molecular weight excluding hydrogens is 276 g/mol. The molecule has 22 heavy (non-hydrogen) atoms. The molecule has 0 saturated heterocycles. The summed E-state index contributed by atoms with van der Waals surface area (Å²) in [7, 11) is 0. The summed E-state index contributed by atoms with van der Waals surface area (Å²) in [5, 5.41) is 0. The number of nitrogens with zero attached hydrogens (tertiary/aromatic N) is 2. The lowest BCUT2D eigenvalue weighted by Crippen LogP contribution is -2.33. The van der Waals surface area contributed by atoms with E-state index in [1.165, 1.54) is 0 Å². The summed E-state index contributed by atoms with van der Waals surface area (Å²) >= 11 is 0. The van der Waals surface area contributed by atoms with Crippen molar-refractivity contribution < 1.29 is 9.21 Å². The SMILES string of the molecule is CCCN(CCC)C(=O)Cc1nc(-c2ccccc2)oc1C. The summed E-state index contributed by atoms with van der Waals surface area (Å²) in [4.78, 5) is 18.9. The Morgan fingerprint density at radius 3 is 2.36 bits per heavy atom. The molecule has 0 N–H and O–H groups in total. The van der Waals surface area contributed by atoms with E-state index in [4.69, 9.17) is 4.42 Å². The fourth-order valence-corrected chi connectivity index (χ4v) is 2.45. The second kappa shape index (κ2) is 7.78. The first kappa shape index (κ1) is 16.3. The highest BCUT2D eigenvalue weighted by atomic mass is 16.4. The van der Waals surface area contributed by atoms with Gasteiger partial charge in [0.15, 0.2) is 0 Å². The van der Waals surface area contributed by atoms with Gasteiger partial charge in [0.25, 0.3) is 0 Å². The zero-order valence-electron chi connectivity index (χ0n) is 13.6. The normalized spacial score (nSPS) is 10.7. The average molecular weight is 300 g/mol. The highest BCUT2D eigenvalue weighted by Gasteiger charge is 2.18. The number of carbonyl (C=O) groups excluding carboxylic acids is 1. The highest BCUT2D eigenvalue weighted by molar-refractivity contribution is 5.78. The van der Waals surface area contributed by atoms with Crippen LogP contribution in [-0.2, 0) is 11.2 Å². The fourth-order valence-electron chi connectivity index (χ4n) is 2.45. The minimum atomic E-state index is 0.125. The maximum atomic E-state index is 12.4. The Bertz CT molecular complexity index is 599. The molecule has 2 aromatic rings. The van der Waals surface area contributed by atoms with Gasteiger partial charge in [0.1, 0.15) is 5.76 Å². The van der Waals surface area contributed by atoms with E-state index in [2.05, 4.69) is 18.8 Å². The van der Waals surface area contributed by atoms with Crippen LogP contribution in [0.25, 0.3) is 11.5 Å². The van der Waals surface area contributed by atoms with E-state index in [1.807, 2.05) is 42.2 Å². The van der Waals surface area contributed by atoms with Crippen LogP contribution in [0.1, 0.15) is 38.1 Å². The number of benzene rings is 1. The standard InChI is InChI=1S/C18H24N2O2/c1-4-11-20(12-5-2)17(21)13-16-14(3)22-18(19-16)15-9-7-6-8-10-15/h6-10H,4-5,11-13H2,1-3H3. The molecule has 1 amide bonds. The van der Waals surface area contributed by atoms with Crippen LogP contribution in [-0.4, -0.2) is 28.9 Å². The predicted molar refractivity (Wildman–Crippen MR) is 87.5 cm³/mol. The van der Waals surface area contributed by atoms with Crippen molar-refractivity contribution in [3.8, 4) is 11.5 Å². The van der Waals surface area contributed by atoms with Gasteiger partial charge >= 0.3 is 0 Å². The number of aryl methyl sites for hydroxylation is 1. The number of oxazole rings is 1. The van der Waals surface area contributed by atoms with Gasteiger partial charge in [-0.15, -0.1) is 0 Å². The Kier molecular flexibility index (Phi) is 5.75. The Labute approximate surface area is 132 Å². The number of hydrogen-bond acceptors (Lipinski definition) is 3. The summed E-state index contributed by atoms with van der Waals surface area (Å²) in [5.74, 6) is 1.43. The van der Waals surface area contributed by atoms with Crippen molar-refractivity contribution in [2.75, 3.05) is 13.1 Å². The maximum absolute atomic E-state index is 12.4. The van der Waals surface area contributed by atoms with Gasteiger partial charge in [-0.25, -0.2) is 4.98 Å². The zero-order valence-corrected chi connectivity index (χ0v) is 13.6. The Morgan fingerprint density at radius 2 is 1.77 bits per heavy atom. The molecule has 0 aliphatic carbocycles. The smallest absolute Gasteiger partial charge is 0.228 e. The lowest BCUT2D eigenvalue weighted by Gasteiger charge is -2.20. The molecule has 0 atom stereocenters. The molecule has 0 fully saturated rings. The minimum Gasteiger partial charge on any atom is -0.441 e. The molecule has 0 radical (unpaired) electrons. The van der Waals surface area contributed by atoms with Crippen molar-refractivity contribution in [3.05, 3.63) is 41.8 Å². The second-order valence-corrected chi connectivity index (χ2v) is 5.45. The van der Waals surface area contributed by atoms with Crippen LogP contribution in [0.15, 0.2) is 34.7 Å². The van der Waals surface area contributed by atoms with E-state index in [9.17, 15) is 4.79 Å². The molecule has 1 aromatic carbocycles. The quantitative estimate of drug-likeness (QED) is 0.780. The van der Waals surface area contributed by atoms with E-state index in [1.54, 1.807) is 0 Å². The van der Waals surface area contributed by atoms with Crippen LogP contribution in [0.2, 0.25) is 0 Å². The Hall–Kier alpha value is -2.10. The first-order valence-corrected chi connectivity index (χ1v) is 7.95. The summed E-state index contributed by atoms with van der Waals surface area (Å²) in [5.41, 5.74) is 1.67. The molecule has 1 heterocycles. The topological polar surface area (TPSA) is 46.3 Å². The molecule has 0 spiro atoms. The molecular formula is C18H24N2O2. The Balaban J connectivity index is 2.13. The molecule has 1 aromatic heterocycles. The largest absolute Gasteiger partial charge is 0.441 e. The van der Waals surface area contributed by atoms with Gasteiger partial charge in [0, 0.05) is 18.7 Å². The van der Waals surface area contributed by atoms with Crippen LogP contribution in [0.5, 0.6) is 0 Å². The number of hydrogen-bond donors (Lipinski definition) is 0. The van der Waals surface area contributed by atoms with Crippen LogP contribution >= 0.6 is 0 Å². The average Bonchev–Trinajstić information content (AvgIpc) is 2.89. The number of aromatic nitrogens is 1. The van der Waals surface area contributed by atoms with Crippen molar-refractivity contribution in [2.45, 2.75) is 40.0 Å². The van der Waals surface area contributed by atoms with Crippen LogP contribution < -0.4 is 0 Å². The number of rotatable bonds is 7. The van der Waals surface area contributed by atoms with Gasteiger partial charge in [0.05, 0.1) is 12.1 Å². The molecule has 0 aliphatic heterocycles. The summed E-state index contributed by atoms with van der Waals surface area (Å²) in [6.45, 7) is 7.64. The zero-order chi connectivity index (χ0) is 15.9. The number of carbonyl (C=O) groups is 1. The molecule has 0 saturated carbocycles. The van der Waals surface area contributed by atoms with Gasteiger partial charge in [-0.05, 0) is 31.9 Å². The lowest BCUT2D eigenvalue weighted by molar-refractivity contribution is -0.130. The summed E-state index contributed by atoms with van der Waals surface area (Å²) in [6.07, 6.45) is 2.25.